The van der Waals surface area contributed by atoms with E-state index < -0.39 is 0 Å². The maximum absolute atomic E-state index is 6.20. The first-order chi connectivity index (χ1) is 15.1. The van der Waals surface area contributed by atoms with Crippen LogP contribution in [0, 0.1) is 6.92 Å². The summed E-state index contributed by atoms with van der Waals surface area (Å²) >= 11 is 0. The lowest BCUT2D eigenvalue weighted by molar-refractivity contribution is 0.130. The molecule has 0 saturated heterocycles. The van der Waals surface area contributed by atoms with E-state index in [1.165, 1.54) is 0 Å². The first kappa shape index (κ1) is 19.5. The van der Waals surface area contributed by atoms with Gasteiger partial charge in [0.25, 0.3) is 0 Å². The van der Waals surface area contributed by atoms with Crippen LogP contribution in [-0.4, -0.2) is 42.7 Å². The van der Waals surface area contributed by atoms with Gasteiger partial charge in [0.1, 0.15) is 17.3 Å². The predicted molar refractivity (Wildman–Crippen MR) is 120 cm³/mol. The van der Waals surface area contributed by atoms with E-state index in [-0.39, 0.29) is 6.10 Å². The molecule has 160 valence electrons. The summed E-state index contributed by atoms with van der Waals surface area (Å²) in [5.74, 6) is 1.70. The molecule has 0 aliphatic heterocycles. The highest BCUT2D eigenvalue weighted by molar-refractivity contribution is 5.93. The lowest BCUT2D eigenvalue weighted by atomic mass is 9.93. The molecule has 1 aliphatic carbocycles. The molecule has 4 heterocycles. The number of hydrogen-bond acceptors (Lipinski definition) is 6. The summed E-state index contributed by atoms with van der Waals surface area (Å²) in [6, 6.07) is 4.46. The molecule has 4 aromatic rings. The average Bonchev–Trinajstić information content (AvgIpc) is 3.37. The van der Waals surface area contributed by atoms with Gasteiger partial charge >= 0.3 is 0 Å². The van der Waals surface area contributed by atoms with Crippen LogP contribution in [0.25, 0.3) is 22.2 Å². The van der Waals surface area contributed by atoms with Crippen molar-refractivity contribution >= 4 is 16.7 Å². The van der Waals surface area contributed by atoms with Gasteiger partial charge in [-0.15, -0.1) is 0 Å². The Morgan fingerprint density at radius 1 is 1.06 bits per heavy atom. The second-order valence-electron chi connectivity index (χ2n) is 8.28. The largest absolute Gasteiger partial charge is 0.489 e. The number of aryl methyl sites for hydroxylation is 2. The molecule has 8 heteroatoms. The molecule has 5 rings (SSSR count). The average molecular weight is 418 g/mol. The highest BCUT2D eigenvalue weighted by Gasteiger charge is 2.27. The minimum atomic E-state index is 0.217. The topological polar surface area (TPSA) is 82.7 Å². The quantitative estimate of drug-likeness (QED) is 0.525. The predicted octanol–water partition coefficient (Wildman–Crippen LogP) is 4.14. The Hall–Kier alpha value is -3.42. The van der Waals surface area contributed by atoms with Gasteiger partial charge in [0.15, 0.2) is 0 Å². The summed E-state index contributed by atoms with van der Waals surface area (Å²) < 4.78 is 10.2. The Morgan fingerprint density at radius 2 is 1.90 bits per heavy atom. The number of nitrogens with one attached hydrogen (secondary N) is 1. The summed E-state index contributed by atoms with van der Waals surface area (Å²) in [6.07, 6.45) is 13.7. The number of pyridine rings is 2. The van der Waals surface area contributed by atoms with Crippen molar-refractivity contribution in [1.82, 2.24) is 29.5 Å². The summed E-state index contributed by atoms with van der Waals surface area (Å²) in [6.45, 7) is 2.04. The van der Waals surface area contributed by atoms with E-state index in [0.717, 1.165) is 65.0 Å². The van der Waals surface area contributed by atoms with E-state index in [1.807, 2.05) is 51.9 Å². The van der Waals surface area contributed by atoms with Crippen LogP contribution in [0.2, 0.25) is 0 Å². The first-order valence-electron chi connectivity index (χ1n) is 10.7. The van der Waals surface area contributed by atoms with Crippen LogP contribution in [0.5, 0.6) is 5.75 Å². The number of anilines is 1. The van der Waals surface area contributed by atoms with E-state index in [0.29, 0.717) is 6.04 Å². The minimum absolute atomic E-state index is 0.217. The normalized spacial score (nSPS) is 18.9. The summed E-state index contributed by atoms with van der Waals surface area (Å²) in [7, 11) is 3.81. The van der Waals surface area contributed by atoms with Crippen LogP contribution in [0.4, 0.5) is 5.82 Å². The van der Waals surface area contributed by atoms with Crippen molar-refractivity contribution in [3.05, 3.63) is 48.7 Å². The van der Waals surface area contributed by atoms with Gasteiger partial charge in [0.05, 0.1) is 30.1 Å². The summed E-state index contributed by atoms with van der Waals surface area (Å²) in [4.78, 5) is 8.76. The van der Waals surface area contributed by atoms with Crippen LogP contribution in [0.3, 0.4) is 0 Å². The lowest BCUT2D eigenvalue weighted by Gasteiger charge is -2.29. The molecule has 1 aliphatic rings. The van der Waals surface area contributed by atoms with E-state index in [9.17, 15) is 0 Å². The molecular weight excluding hydrogens is 390 g/mol. The Bertz CT molecular complexity index is 1200. The molecule has 0 amide bonds. The molecule has 0 spiro atoms. The molecule has 4 aromatic heterocycles. The fourth-order valence-electron chi connectivity index (χ4n) is 4.40. The van der Waals surface area contributed by atoms with Crippen LogP contribution in [0.15, 0.2) is 43.1 Å². The third kappa shape index (κ3) is 3.85. The molecule has 0 atom stereocenters. The van der Waals surface area contributed by atoms with Crippen LogP contribution in [-0.2, 0) is 7.05 Å². The molecule has 0 radical (unpaired) electrons. The number of ether oxygens (including phenoxy) is 1. The fraction of sp³-hybridized carbons (Fsp3) is 0.391. The van der Waals surface area contributed by atoms with Crippen molar-refractivity contribution in [2.45, 2.75) is 44.8 Å². The van der Waals surface area contributed by atoms with Crippen molar-refractivity contribution in [3.8, 4) is 17.0 Å². The van der Waals surface area contributed by atoms with E-state index >= 15 is 0 Å². The first-order valence-corrected chi connectivity index (χ1v) is 10.7. The molecule has 8 nitrogen and oxygen atoms in total. The number of rotatable bonds is 5. The maximum Gasteiger partial charge on any atom is 0.138 e. The van der Waals surface area contributed by atoms with Gasteiger partial charge < -0.3 is 10.1 Å². The summed E-state index contributed by atoms with van der Waals surface area (Å²) in [5, 5.41) is 13.6. The Labute approximate surface area is 181 Å². The molecule has 0 aromatic carbocycles. The van der Waals surface area contributed by atoms with Gasteiger partial charge in [-0.25, -0.2) is 4.98 Å². The Morgan fingerprint density at radius 3 is 2.61 bits per heavy atom. The van der Waals surface area contributed by atoms with Crippen molar-refractivity contribution in [1.29, 1.82) is 0 Å². The highest BCUT2D eigenvalue weighted by Crippen LogP contribution is 2.36. The van der Waals surface area contributed by atoms with Gasteiger partial charge in [0.2, 0.25) is 0 Å². The molecular formula is C23H27N7O. The van der Waals surface area contributed by atoms with Gasteiger partial charge in [0, 0.05) is 49.7 Å². The molecule has 1 N–H and O–H groups in total. The highest BCUT2D eigenvalue weighted by atomic mass is 16.5. The molecule has 0 unspecified atom stereocenters. The fourth-order valence-corrected chi connectivity index (χ4v) is 4.40. The molecule has 1 saturated carbocycles. The minimum Gasteiger partial charge on any atom is -0.489 e. The monoisotopic (exact) mass is 417 g/mol. The van der Waals surface area contributed by atoms with Crippen molar-refractivity contribution in [3.63, 3.8) is 0 Å². The van der Waals surface area contributed by atoms with Crippen molar-refractivity contribution < 1.29 is 4.74 Å². The standard InChI is InChI=1S/C23H27N7O/c1-15-8-19(12-25-10-15)31-18-6-4-17(5-7-18)30-21-9-22(24-2)26-13-20(21)23(28-30)16-11-27-29(3)14-16/h8-14,17-18H,4-7H2,1-3H3,(H,24,26)/t17-,18+. The zero-order valence-corrected chi connectivity index (χ0v) is 18.1. The van der Waals surface area contributed by atoms with Crippen LogP contribution < -0.4 is 10.1 Å². The third-order valence-corrected chi connectivity index (χ3v) is 5.97. The van der Waals surface area contributed by atoms with Crippen LogP contribution >= 0.6 is 0 Å². The number of aromatic nitrogens is 6. The van der Waals surface area contributed by atoms with Gasteiger partial charge in [-0.05, 0) is 44.2 Å². The number of nitrogens with zero attached hydrogens (tertiary/aromatic N) is 6. The zero-order valence-electron chi connectivity index (χ0n) is 18.1. The zero-order chi connectivity index (χ0) is 21.4. The van der Waals surface area contributed by atoms with Crippen LogP contribution in [0.1, 0.15) is 37.3 Å². The van der Waals surface area contributed by atoms with Crippen molar-refractivity contribution in [2.75, 3.05) is 12.4 Å². The smallest absolute Gasteiger partial charge is 0.138 e. The van der Waals surface area contributed by atoms with Gasteiger partial charge in [-0.2, -0.15) is 10.2 Å². The second kappa shape index (κ2) is 8.02. The molecule has 1 fully saturated rings. The van der Waals surface area contributed by atoms with Crippen molar-refractivity contribution in [2.24, 2.45) is 7.05 Å². The van der Waals surface area contributed by atoms with Gasteiger partial charge in [-0.1, -0.05) is 0 Å². The van der Waals surface area contributed by atoms with E-state index in [4.69, 9.17) is 9.84 Å². The third-order valence-electron chi connectivity index (χ3n) is 5.97. The van der Waals surface area contributed by atoms with Gasteiger partial charge in [-0.3, -0.25) is 14.3 Å². The number of fused-ring (bicyclic) bond motifs is 1. The maximum atomic E-state index is 6.20. The van der Waals surface area contributed by atoms with E-state index in [1.54, 1.807) is 10.9 Å². The second-order valence-corrected chi connectivity index (χ2v) is 8.28. The molecule has 31 heavy (non-hydrogen) atoms. The number of hydrogen-bond donors (Lipinski definition) is 1. The summed E-state index contributed by atoms with van der Waals surface area (Å²) in [5.41, 5.74) is 4.16. The molecule has 0 bridgehead atoms. The SMILES string of the molecule is CNc1cc2c(cn1)c(-c1cnn(C)c1)nn2[C@H]1CC[C@@H](Oc2cncc(C)c2)CC1. The Kier molecular flexibility index (Phi) is 5.05. The Balaban J connectivity index is 1.41. The van der Waals surface area contributed by atoms with E-state index in [2.05, 4.69) is 31.1 Å². The lowest BCUT2D eigenvalue weighted by Crippen LogP contribution is -2.26.